The van der Waals surface area contributed by atoms with Gasteiger partial charge in [0.25, 0.3) is 0 Å². The van der Waals surface area contributed by atoms with Crippen molar-refractivity contribution >= 4 is 15.9 Å². The summed E-state index contributed by atoms with van der Waals surface area (Å²) in [6.07, 6.45) is 0. The molecule has 0 fully saturated rings. The summed E-state index contributed by atoms with van der Waals surface area (Å²) in [6.45, 7) is 4.16. The summed E-state index contributed by atoms with van der Waals surface area (Å²) in [6, 6.07) is 13.3. The Morgan fingerprint density at radius 3 is 2.48 bits per heavy atom. The highest BCUT2D eigenvalue weighted by Crippen LogP contribution is 2.27. The molecule has 2 nitrogen and oxygen atoms in total. The lowest BCUT2D eigenvalue weighted by Crippen LogP contribution is -2.22. The van der Waals surface area contributed by atoms with Crippen LogP contribution in [0.3, 0.4) is 0 Å². The molecule has 21 heavy (non-hydrogen) atoms. The van der Waals surface area contributed by atoms with Crippen LogP contribution in [-0.2, 0) is 0 Å². The normalized spacial score (nSPS) is 13.8. The molecule has 4 heteroatoms. The van der Waals surface area contributed by atoms with Gasteiger partial charge in [-0.1, -0.05) is 40.2 Å². The Kier molecular flexibility index (Phi) is 5.37. The van der Waals surface area contributed by atoms with E-state index in [0.717, 1.165) is 10.0 Å². The lowest BCUT2D eigenvalue weighted by atomic mass is 10.0. The predicted molar refractivity (Wildman–Crippen MR) is 87.1 cm³/mol. The van der Waals surface area contributed by atoms with E-state index >= 15 is 0 Å². The standard InChI is InChI=1S/C17H19BrFNO/c1-11(13-8-9-16(19)17(10-13)21-3)20-12(2)14-6-4-5-7-15(14)18/h4-12,20H,1-3H3/t11?,12-/m1/s1. The van der Waals surface area contributed by atoms with Gasteiger partial charge in [0.2, 0.25) is 0 Å². The monoisotopic (exact) mass is 351 g/mol. The van der Waals surface area contributed by atoms with E-state index in [2.05, 4.69) is 41.2 Å². The van der Waals surface area contributed by atoms with Crippen LogP contribution in [0.2, 0.25) is 0 Å². The second-order valence-corrected chi connectivity index (χ2v) is 5.88. The summed E-state index contributed by atoms with van der Waals surface area (Å²) in [4.78, 5) is 0. The molecule has 112 valence electrons. The minimum absolute atomic E-state index is 0.0848. The van der Waals surface area contributed by atoms with Crippen molar-refractivity contribution in [1.29, 1.82) is 0 Å². The van der Waals surface area contributed by atoms with Crippen LogP contribution in [0, 0.1) is 5.82 Å². The average Bonchev–Trinajstić information content (AvgIpc) is 2.48. The van der Waals surface area contributed by atoms with Crippen molar-refractivity contribution in [2.75, 3.05) is 7.11 Å². The average molecular weight is 352 g/mol. The van der Waals surface area contributed by atoms with Gasteiger partial charge in [0.05, 0.1) is 7.11 Å². The lowest BCUT2D eigenvalue weighted by Gasteiger charge is -2.22. The second kappa shape index (κ2) is 7.05. The number of benzene rings is 2. The maximum atomic E-state index is 13.5. The molecule has 0 bridgehead atoms. The number of hydrogen-bond acceptors (Lipinski definition) is 2. The molecular formula is C17H19BrFNO. The van der Waals surface area contributed by atoms with E-state index in [4.69, 9.17) is 4.74 Å². The molecule has 0 aliphatic carbocycles. The van der Waals surface area contributed by atoms with Gasteiger partial charge in [0.1, 0.15) is 0 Å². The smallest absolute Gasteiger partial charge is 0.165 e. The molecule has 0 spiro atoms. The Labute approximate surface area is 133 Å². The Balaban J connectivity index is 2.14. The van der Waals surface area contributed by atoms with Crippen LogP contribution in [-0.4, -0.2) is 7.11 Å². The molecule has 0 aliphatic rings. The summed E-state index contributed by atoms with van der Waals surface area (Å²) < 4.78 is 19.6. The molecule has 1 unspecified atom stereocenters. The Bertz CT molecular complexity index is 617. The third kappa shape index (κ3) is 3.83. The molecule has 2 aromatic rings. The minimum atomic E-state index is -0.340. The number of rotatable bonds is 5. The highest BCUT2D eigenvalue weighted by molar-refractivity contribution is 9.10. The van der Waals surface area contributed by atoms with Crippen molar-refractivity contribution < 1.29 is 9.13 Å². The number of methoxy groups -OCH3 is 1. The van der Waals surface area contributed by atoms with Crippen molar-refractivity contribution in [3.05, 3.63) is 63.9 Å². The zero-order chi connectivity index (χ0) is 15.4. The van der Waals surface area contributed by atoms with E-state index in [1.807, 2.05) is 18.2 Å². The Hall–Kier alpha value is -1.39. The first-order chi connectivity index (χ1) is 10.0. The molecule has 0 aromatic heterocycles. The van der Waals surface area contributed by atoms with Gasteiger partial charge in [0.15, 0.2) is 11.6 Å². The van der Waals surface area contributed by atoms with Gasteiger partial charge < -0.3 is 10.1 Å². The van der Waals surface area contributed by atoms with E-state index in [0.29, 0.717) is 0 Å². The highest BCUT2D eigenvalue weighted by atomic mass is 79.9. The number of nitrogens with one attached hydrogen (secondary N) is 1. The molecule has 0 saturated carbocycles. The van der Waals surface area contributed by atoms with Crippen LogP contribution in [0.4, 0.5) is 4.39 Å². The van der Waals surface area contributed by atoms with Crippen molar-refractivity contribution in [2.24, 2.45) is 0 Å². The van der Waals surface area contributed by atoms with Crippen molar-refractivity contribution in [3.63, 3.8) is 0 Å². The first-order valence-corrected chi connectivity index (χ1v) is 7.66. The van der Waals surface area contributed by atoms with E-state index in [-0.39, 0.29) is 23.7 Å². The summed E-state index contributed by atoms with van der Waals surface area (Å²) in [7, 11) is 1.48. The summed E-state index contributed by atoms with van der Waals surface area (Å²) in [5.74, 6) is -0.0676. The minimum Gasteiger partial charge on any atom is -0.494 e. The van der Waals surface area contributed by atoms with E-state index in [9.17, 15) is 4.39 Å². The van der Waals surface area contributed by atoms with E-state index in [1.54, 1.807) is 12.1 Å². The van der Waals surface area contributed by atoms with Crippen LogP contribution in [0.5, 0.6) is 5.75 Å². The molecule has 0 amide bonds. The first kappa shape index (κ1) is 16.0. The fraction of sp³-hybridized carbons (Fsp3) is 0.294. The van der Waals surface area contributed by atoms with Gasteiger partial charge in [-0.05, 0) is 43.2 Å². The van der Waals surface area contributed by atoms with Gasteiger partial charge in [-0.25, -0.2) is 4.39 Å². The first-order valence-electron chi connectivity index (χ1n) is 6.87. The summed E-state index contributed by atoms with van der Waals surface area (Å²) in [5, 5.41) is 3.52. The fourth-order valence-electron chi connectivity index (χ4n) is 2.33. The molecule has 0 aliphatic heterocycles. The predicted octanol–water partition coefficient (Wildman–Crippen LogP) is 5.01. The molecule has 2 aromatic carbocycles. The molecule has 1 N–H and O–H groups in total. The van der Waals surface area contributed by atoms with Gasteiger partial charge in [-0.2, -0.15) is 0 Å². The topological polar surface area (TPSA) is 21.3 Å². The zero-order valence-corrected chi connectivity index (χ0v) is 13.9. The Morgan fingerprint density at radius 2 is 1.81 bits per heavy atom. The molecule has 2 atom stereocenters. The van der Waals surface area contributed by atoms with Crippen LogP contribution in [0.1, 0.15) is 37.1 Å². The Morgan fingerprint density at radius 1 is 1.10 bits per heavy atom. The molecular weight excluding hydrogens is 333 g/mol. The van der Waals surface area contributed by atoms with Crippen LogP contribution >= 0.6 is 15.9 Å². The third-order valence-electron chi connectivity index (χ3n) is 3.55. The quantitative estimate of drug-likeness (QED) is 0.817. The molecule has 2 rings (SSSR count). The molecule has 0 saturated heterocycles. The zero-order valence-electron chi connectivity index (χ0n) is 12.4. The van der Waals surface area contributed by atoms with Crippen LogP contribution in [0.25, 0.3) is 0 Å². The van der Waals surface area contributed by atoms with Crippen molar-refractivity contribution in [1.82, 2.24) is 5.32 Å². The maximum Gasteiger partial charge on any atom is 0.165 e. The van der Waals surface area contributed by atoms with Gasteiger partial charge in [0, 0.05) is 16.6 Å². The summed E-state index contributed by atoms with van der Waals surface area (Å²) in [5.41, 5.74) is 2.19. The van der Waals surface area contributed by atoms with Crippen LogP contribution < -0.4 is 10.1 Å². The number of ether oxygens (including phenoxy) is 1. The van der Waals surface area contributed by atoms with E-state index < -0.39 is 0 Å². The number of hydrogen-bond donors (Lipinski definition) is 1. The van der Waals surface area contributed by atoms with Gasteiger partial charge >= 0.3 is 0 Å². The number of halogens is 2. The van der Waals surface area contributed by atoms with Crippen molar-refractivity contribution in [3.8, 4) is 5.75 Å². The molecule has 0 radical (unpaired) electrons. The lowest BCUT2D eigenvalue weighted by molar-refractivity contribution is 0.384. The largest absolute Gasteiger partial charge is 0.494 e. The maximum absolute atomic E-state index is 13.5. The molecule has 0 heterocycles. The van der Waals surface area contributed by atoms with Gasteiger partial charge in [-0.15, -0.1) is 0 Å². The summed E-state index contributed by atoms with van der Waals surface area (Å²) >= 11 is 3.57. The van der Waals surface area contributed by atoms with E-state index in [1.165, 1.54) is 18.7 Å². The van der Waals surface area contributed by atoms with Crippen LogP contribution in [0.15, 0.2) is 46.9 Å². The second-order valence-electron chi connectivity index (χ2n) is 5.03. The van der Waals surface area contributed by atoms with Crippen molar-refractivity contribution in [2.45, 2.75) is 25.9 Å². The fourth-order valence-corrected chi connectivity index (χ4v) is 2.96. The highest BCUT2D eigenvalue weighted by Gasteiger charge is 2.14. The van der Waals surface area contributed by atoms with Gasteiger partial charge in [-0.3, -0.25) is 0 Å². The SMILES string of the molecule is COc1cc(C(C)N[C@H](C)c2ccccc2Br)ccc1F. The third-order valence-corrected chi connectivity index (χ3v) is 4.27.